The molecule has 29 heavy (non-hydrogen) atoms. The van der Waals surface area contributed by atoms with Gasteiger partial charge in [-0.05, 0) is 43.0 Å². The Morgan fingerprint density at radius 2 is 2.10 bits per heavy atom. The lowest BCUT2D eigenvalue weighted by Gasteiger charge is -2.08. The number of thiophene rings is 1. The van der Waals surface area contributed by atoms with Crippen molar-refractivity contribution in [2.45, 2.75) is 31.1 Å². The molecule has 0 bridgehead atoms. The monoisotopic (exact) mass is 433 g/mol. The van der Waals surface area contributed by atoms with E-state index in [2.05, 4.69) is 16.1 Å². The summed E-state index contributed by atoms with van der Waals surface area (Å²) in [6.45, 7) is 1.32. The van der Waals surface area contributed by atoms with E-state index in [0.717, 1.165) is 29.7 Å². The molecular formula is C19H19N3O5S2. The molecular weight excluding hydrogens is 414 g/mol. The second-order valence-corrected chi connectivity index (χ2v) is 9.20. The molecule has 3 rings (SSSR count). The molecule has 1 aliphatic rings. The third kappa shape index (κ3) is 4.64. The van der Waals surface area contributed by atoms with Crippen LogP contribution in [0.15, 0.2) is 29.2 Å². The van der Waals surface area contributed by atoms with Gasteiger partial charge in [0.2, 0.25) is 10.0 Å². The summed E-state index contributed by atoms with van der Waals surface area (Å²) in [7, 11) is -3.71. The highest BCUT2D eigenvalue weighted by atomic mass is 32.2. The Morgan fingerprint density at radius 1 is 1.31 bits per heavy atom. The van der Waals surface area contributed by atoms with E-state index in [0.29, 0.717) is 10.6 Å². The number of nitrogens with zero attached hydrogens (tertiary/aromatic N) is 1. The molecule has 2 aromatic rings. The Morgan fingerprint density at radius 3 is 2.83 bits per heavy atom. The van der Waals surface area contributed by atoms with Crippen molar-refractivity contribution in [3.05, 3.63) is 45.8 Å². The number of anilines is 1. The van der Waals surface area contributed by atoms with Crippen LogP contribution in [-0.4, -0.2) is 33.4 Å². The SMILES string of the molecule is CCNS(=O)(=O)c1cccc(C(=O)OCC(=O)Nc2sc3c(c2C#N)CCC3)c1. The first-order valence-electron chi connectivity index (χ1n) is 8.97. The van der Waals surface area contributed by atoms with E-state index in [1.165, 1.54) is 35.6 Å². The van der Waals surface area contributed by atoms with Gasteiger partial charge in [0.05, 0.1) is 16.0 Å². The van der Waals surface area contributed by atoms with Gasteiger partial charge in [0.25, 0.3) is 5.91 Å². The van der Waals surface area contributed by atoms with Crippen LogP contribution in [0.4, 0.5) is 5.00 Å². The predicted octanol–water partition coefficient (Wildman–Crippen LogP) is 2.20. The normalized spacial score (nSPS) is 12.8. The Hall–Kier alpha value is -2.74. The van der Waals surface area contributed by atoms with Crippen LogP contribution in [0.25, 0.3) is 0 Å². The minimum atomic E-state index is -3.71. The van der Waals surface area contributed by atoms with E-state index < -0.39 is 28.5 Å². The molecule has 1 heterocycles. The van der Waals surface area contributed by atoms with E-state index in [-0.39, 0.29) is 17.0 Å². The summed E-state index contributed by atoms with van der Waals surface area (Å²) in [6.07, 6.45) is 2.72. The molecule has 0 unspecified atom stereocenters. The number of nitriles is 1. The van der Waals surface area contributed by atoms with Gasteiger partial charge in [-0.3, -0.25) is 4.79 Å². The van der Waals surface area contributed by atoms with Crippen molar-refractivity contribution in [1.82, 2.24) is 4.72 Å². The van der Waals surface area contributed by atoms with Crippen LogP contribution in [-0.2, 0) is 32.4 Å². The van der Waals surface area contributed by atoms with Gasteiger partial charge >= 0.3 is 5.97 Å². The molecule has 1 aromatic carbocycles. The fourth-order valence-corrected chi connectivity index (χ4v) is 5.39. The lowest BCUT2D eigenvalue weighted by Crippen LogP contribution is -2.24. The molecule has 10 heteroatoms. The van der Waals surface area contributed by atoms with E-state index in [9.17, 15) is 23.3 Å². The number of carbonyl (C=O) groups is 2. The number of aryl methyl sites for hydroxylation is 1. The first-order chi connectivity index (χ1) is 13.9. The molecule has 152 valence electrons. The molecule has 1 amide bonds. The van der Waals surface area contributed by atoms with Gasteiger partial charge in [0.15, 0.2) is 6.61 Å². The summed E-state index contributed by atoms with van der Waals surface area (Å²) in [6, 6.07) is 7.51. The predicted molar refractivity (Wildman–Crippen MR) is 107 cm³/mol. The zero-order valence-electron chi connectivity index (χ0n) is 15.6. The van der Waals surface area contributed by atoms with Crippen LogP contribution in [0.2, 0.25) is 0 Å². The van der Waals surface area contributed by atoms with Gasteiger partial charge in [-0.15, -0.1) is 11.3 Å². The highest BCUT2D eigenvalue weighted by Crippen LogP contribution is 2.38. The molecule has 1 aromatic heterocycles. The van der Waals surface area contributed by atoms with E-state index >= 15 is 0 Å². The minimum absolute atomic E-state index is 0.0181. The number of hydrogen-bond donors (Lipinski definition) is 2. The number of esters is 1. The highest BCUT2D eigenvalue weighted by Gasteiger charge is 2.23. The van der Waals surface area contributed by atoms with Crippen molar-refractivity contribution in [3.8, 4) is 6.07 Å². The number of sulfonamides is 1. The van der Waals surface area contributed by atoms with Gasteiger partial charge in [0, 0.05) is 11.4 Å². The van der Waals surface area contributed by atoms with Crippen molar-refractivity contribution in [1.29, 1.82) is 5.26 Å². The average Bonchev–Trinajstić information content (AvgIpc) is 3.26. The van der Waals surface area contributed by atoms with E-state index in [1.807, 2.05) is 0 Å². The number of benzene rings is 1. The number of amides is 1. The average molecular weight is 434 g/mol. The van der Waals surface area contributed by atoms with Crippen molar-refractivity contribution in [2.75, 3.05) is 18.5 Å². The van der Waals surface area contributed by atoms with Crippen LogP contribution in [0.3, 0.4) is 0 Å². The molecule has 8 nitrogen and oxygen atoms in total. The van der Waals surface area contributed by atoms with Gasteiger partial charge < -0.3 is 10.1 Å². The first-order valence-corrected chi connectivity index (χ1v) is 11.3. The summed E-state index contributed by atoms with van der Waals surface area (Å²) < 4.78 is 31.4. The standard InChI is InChI=1S/C19H19N3O5S2/c1-2-21-29(25,26)13-6-3-5-12(9-13)19(24)27-11-17(23)22-18-15(10-20)14-7-4-8-16(14)28-18/h3,5-6,9,21H,2,4,7-8,11H2,1H3,(H,22,23). The fraction of sp³-hybridized carbons (Fsp3) is 0.316. The van der Waals surface area contributed by atoms with Crippen LogP contribution >= 0.6 is 11.3 Å². The fourth-order valence-electron chi connectivity index (χ4n) is 3.05. The van der Waals surface area contributed by atoms with Crippen molar-refractivity contribution in [3.63, 3.8) is 0 Å². The molecule has 0 spiro atoms. The van der Waals surface area contributed by atoms with Crippen LogP contribution in [0.1, 0.15) is 39.7 Å². The Bertz CT molecular complexity index is 1100. The lowest BCUT2D eigenvalue weighted by atomic mass is 10.1. The Labute approximate surface area is 172 Å². The number of rotatable bonds is 7. The Balaban J connectivity index is 1.63. The van der Waals surface area contributed by atoms with Crippen molar-refractivity contribution >= 4 is 38.2 Å². The lowest BCUT2D eigenvalue weighted by molar-refractivity contribution is -0.119. The summed E-state index contributed by atoms with van der Waals surface area (Å²) in [5.41, 5.74) is 1.48. The maximum Gasteiger partial charge on any atom is 0.338 e. The second-order valence-electron chi connectivity index (χ2n) is 6.33. The molecule has 0 radical (unpaired) electrons. The van der Waals surface area contributed by atoms with E-state index in [4.69, 9.17) is 4.74 Å². The van der Waals surface area contributed by atoms with Crippen LogP contribution in [0, 0.1) is 11.3 Å². The molecule has 0 aliphatic heterocycles. The highest BCUT2D eigenvalue weighted by molar-refractivity contribution is 7.89. The van der Waals surface area contributed by atoms with Crippen LogP contribution in [0.5, 0.6) is 0 Å². The summed E-state index contributed by atoms with van der Waals surface area (Å²) in [5, 5.41) is 12.4. The van der Waals surface area contributed by atoms with Gasteiger partial charge in [-0.2, -0.15) is 5.26 Å². The first kappa shape index (κ1) is 21.0. The molecule has 0 fully saturated rings. The molecule has 0 saturated heterocycles. The topological polar surface area (TPSA) is 125 Å². The molecule has 0 atom stereocenters. The number of fused-ring (bicyclic) bond motifs is 1. The summed E-state index contributed by atoms with van der Waals surface area (Å²) in [4.78, 5) is 25.4. The third-order valence-corrected chi connectivity index (χ3v) is 7.09. The molecule has 1 aliphatic carbocycles. The summed E-state index contributed by atoms with van der Waals surface area (Å²) >= 11 is 1.37. The second kappa shape index (κ2) is 8.73. The smallest absolute Gasteiger partial charge is 0.338 e. The minimum Gasteiger partial charge on any atom is -0.452 e. The third-order valence-electron chi connectivity index (χ3n) is 4.33. The van der Waals surface area contributed by atoms with Gasteiger partial charge in [-0.1, -0.05) is 13.0 Å². The van der Waals surface area contributed by atoms with Gasteiger partial charge in [-0.25, -0.2) is 17.9 Å². The largest absolute Gasteiger partial charge is 0.452 e. The Kier molecular flexibility index (Phi) is 6.32. The quantitative estimate of drug-likeness (QED) is 0.645. The number of ether oxygens (including phenoxy) is 1. The molecule has 2 N–H and O–H groups in total. The van der Waals surface area contributed by atoms with E-state index in [1.54, 1.807) is 6.92 Å². The maximum atomic E-state index is 12.2. The zero-order valence-corrected chi connectivity index (χ0v) is 17.3. The molecule has 0 saturated carbocycles. The maximum absolute atomic E-state index is 12.2. The van der Waals surface area contributed by atoms with Crippen molar-refractivity contribution < 1.29 is 22.7 Å². The number of nitrogens with one attached hydrogen (secondary N) is 2. The number of carbonyl (C=O) groups excluding carboxylic acids is 2. The number of hydrogen-bond acceptors (Lipinski definition) is 7. The van der Waals surface area contributed by atoms with Gasteiger partial charge in [0.1, 0.15) is 11.1 Å². The summed E-state index contributed by atoms with van der Waals surface area (Å²) in [5.74, 6) is -1.38. The van der Waals surface area contributed by atoms with Crippen molar-refractivity contribution in [2.24, 2.45) is 0 Å². The van der Waals surface area contributed by atoms with Crippen LogP contribution < -0.4 is 10.0 Å². The zero-order chi connectivity index (χ0) is 21.0.